The molecular formula is C22H38N+. The average molecular weight is 317 g/mol. The van der Waals surface area contributed by atoms with Crippen LogP contribution in [0.2, 0.25) is 0 Å². The van der Waals surface area contributed by atoms with E-state index < -0.39 is 0 Å². The van der Waals surface area contributed by atoms with E-state index in [1.54, 1.807) is 16.8 Å². The average Bonchev–Trinajstić information content (AvgIpc) is 3.03. The second-order valence-electron chi connectivity index (χ2n) is 7.45. The minimum Gasteiger partial charge on any atom is -0.202 e. The number of aromatic nitrogens is 1. The summed E-state index contributed by atoms with van der Waals surface area (Å²) in [5.74, 6) is 0. The summed E-state index contributed by atoms with van der Waals surface area (Å²) < 4.78 is 2.57. The fourth-order valence-electron chi connectivity index (χ4n) is 3.93. The third kappa shape index (κ3) is 6.28. The molecule has 0 aliphatic carbocycles. The van der Waals surface area contributed by atoms with Gasteiger partial charge in [0, 0.05) is 24.0 Å². The van der Waals surface area contributed by atoms with Crippen LogP contribution < -0.4 is 4.57 Å². The van der Waals surface area contributed by atoms with Crippen molar-refractivity contribution in [1.82, 2.24) is 0 Å². The first-order chi connectivity index (χ1) is 11.3. The Balaban J connectivity index is 1.86. The Morgan fingerprint density at radius 1 is 0.826 bits per heavy atom. The van der Waals surface area contributed by atoms with E-state index in [9.17, 15) is 0 Å². The first-order valence-electron chi connectivity index (χ1n) is 10.4. The zero-order chi connectivity index (χ0) is 16.3. The van der Waals surface area contributed by atoms with Gasteiger partial charge in [-0.05, 0) is 31.7 Å². The van der Waals surface area contributed by atoms with Gasteiger partial charge in [-0.3, -0.25) is 0 Å². The molecule has 23 heavy (non-hydrogen) atoms. The Labute approximate surface area is 144 Å². The smallest absolute Gasteiger partial charge is 0.184 e. The number of unbranched alkanes of at least 4 members (excludes halogenated alkanes) is 8. The van der Waals surface area contributed by atoms with Crippen molar-refractivity contribution in [2.24, 2.45) is 0 Å². The monoisotopic (exact) mass is 316 g/mol. The first kappa shape index (κ1) is 18.5. The van der Waals surface area contributed by atoms with Gasteiger partial charge < -0.3 is 0 Å². The van der Waals surface area contributed by atoms with E-state index >= 15 is 0 Å². The Bertz CT molecular complexity index is 450. The van der Waals surface area contributed by atoms with Crippen LogP contribution in [0.25, 0.3) is 0 Å². The standard InChI is InChI=1S/C22H38N/c1-3-5-7-9-11-14-20-18-21(15-12-10-8-6-4-2)22-16-13-17-23(22)19-20/h18-19H,3-17H2,1-2H3/q+1. The van der Waals surface area contributed by atoms with Gasteiger partial charge in [0.2, 0.25) is 0 Å². The van der Waals surface area contributed by atoms with E-state index in [1.165, 1.54) is 96.4 Å². The summed E-state index contributed by atoms with van der Waals surface area (Å²) in [4.78, 5) is 0. The van der Waals surface area contributed by atoms with E-state index in [-0.39, 0.29) is 0 Å². The predicted molar refractivity (Wildman–Crippen MR) is 99.9 cm³/mol. The molecule has 1 aromatic heterocycles. The largest absolute Gasteiger partial charge is 0.202 e. The third-order valence-electron chi connectivity index (χ3n) is 5.33. The highest BCUT2D eigenvalue weighted by molar-refractivity contribution is 5.23. The van der Waals surface area contributed by atoms with Gasteiger partial charge in [0.25, 0.3) is 0 Å². The van der Waals surface area contributed by atoms with E-state index in [0.717, 1.165) is 0 Å². The molecule has 1 aromatic rings. The highest BCUT2D eigenvalue weighted by Crippen LogP contribution is 2.19. The third-order valence-corrected chi connectivity index (χ3v) is 5.33. The molecule has 0 N–H and O–H groups in total. The zero-order valence-corrected chi connectivity index (χ0v) is 15.7. The van der Waals surface area contributed by atoms with Gasteiger partial charge in [-0.2, -0.15) is 0 Å². The minimum atomic E-state index is 1.25. The van der Waals surface area contributed by atoms with Crippen molar-refractivity contribution in [3.8, 4) is 0 Å². The molecule has 0 unspecified atom stereocenters. The predicted octanol–water partition coefficient (Wildman–Crippen LogP) is 5.95. The van der Waals surface area contributed by atoms with Crippen molar-refractivity contribution in [3.05, 3.63) is 29.1 Å². The Morgan fingerprint density at radius 3 is 2.17 bits per heavy atom. The van der Waals surface area contributed by atoms with Crippen LogP contribution in [-0.4, -0.2) is 0 Å². The fraction of sp³-hybridized carbons (Fsp3) is 0.773. The van der Waals surface area contributed by atoms with Crippen LogP contribution in [0.1, 0.15) is 101 Å². The van der Waals surface area contributed by atoms with Gasteiger partial charge in [0.15, 0.2) is 11.9 Å². The van der Waals surface area contributed by atoms with Crippen LogP contribution in [0, 0.1) is 0 Å². The van der Waals surface area contributed by atoms with Crippen molar-refractivity contribution >= 4 is 0 Å². The van der Waals surface area contributed by atoms with Crippen LogP contribution in [0.5, 0.6) is 0 Å². The lowest BCUT2D eigenvalue weighted by atomic mass is 9.99. The van der Waals surface area contributed by atoms with Gasteiger partial charge >= 0.3 is 0 Å². The molecule has 0 radical (unpaired) electrons. The maximum Gasteiger partial charge on any atom is 0.184 e. The lowest BCUT2D eigenvalue weighted by Gasteiger charge is -2.08. The summed E-state index contributed by atoms with van der Waals surface area (Å²) in [6.45, 7) is 5.85. The zero-order valence-electron chi connectivity index (χ0n) is 15.7. The molecule has 1 heteroatoms. The molecule has 0 amide bonds. The molecule has 1 aliphatic rings. The van der Waals surface area contributed by atoms with Crippen molar-refractivity contribution in [2.45, 2.75) is 110 Å². The summed E-state index contributed by atoms with van der Waals surface area (Å²) in [5, 5.41) is 0. The van der Waals surface area contributed by atoms with Crippen LogP contribution in [0.3, 0.4) is 0 Å². The molecule has 0 spiro atoms. The minimum absolute atomic E-state index is 1.25. The summed E-state index contributed by atoms with van der Waals surface area (Å²) in [6.07, 6.45) is 21.6. The summed E-state index contributed by atoms with van der Waals surface area (Å²) in [5.41, 5.74) is 4.91. The normalized spacial score (nSPS) is 13.5. The SMILES string of the molecule is CCCCCCCc1cc(CCCCCCC)c2[n+](c1)CCC2. The summed E-state index contributed by atoms with van der Waals surface area (Å²) >= 11 is 0. The van der Waals surface area contributed by atoms with Gasteiger partial charge in [-0.1, -0.05) is 65.2 Å². The summed E-state index contributed by atoms with van der Waals surface area (Å²) in [7, 11) is 0. The van der Waals surface area contributed by atoms with Gasteiger partial charge in [0.1, 0.15) is 6.54 Å². The second kappa shape index (κ2) is 10.8. The molecule has 1 aliphatic heterocycles. The van der Waals surface area contributed by atoms with Gasteiger partial charge in [0.05, 0.1) is 0 Å². The van der Waals surface area contributed by atoms with Gasteiger partial charge in [-0.25, -0.2) is 4.57 Å². The maximum atomic E-state index is 2.57. The number of nitrogens with zero attached hydrogens (tertiary/aromatic N) is 1. The second-order valence-corrected chi connectivity index (χ2v) is 7.45. The highest BCUT2D eigenvalue weighted by Gasteiger charge is 2.23. The molecule has 0 bridgehead atoms. The number of fused-ring (bicyclic) bond motifs is 1. The van der Waals surface area contributed by atoms with Crippen LogP contribution >= 0.6 is 0 Å². The molecule has 1 nitrogen and oxygen atoms in total. The van der Waals surface area contributed by atoms with Crippen molar-refractivity contribution in [2.75, 3.05) is 0 Å². The van der Waals surface area contributed by atoms with E-state index in [1.807, 2.05) is 0 Å². The molecule has 2 heterocycles. The lowest BCUT2D eigenvalue weighted by molar-refractivity contribution is -0.691. The molecule has 0 saturated carbocycles. The van der Waals surface area contributed by atoms with E-state index in [2.05, 4.69) is 30.7 Å². The Morgan fingerprint density at radius 2 is 1.48 bits per heavy atom. The lowest BCUT2D eigenvalue weighted by Crippen LogP contribution is -2.34. The van der Waals surface area contributed by atoms with Crippen molar-refractivity contribution in [1.29, 1.82) is 0 Å². The number of hydrogen-bond donors (Lipinski definition) is 0. The maximum absolute atomic E-state index is 2.57. The van der Waals surface area contributed by atoms with Gasteiger partial charge in [-0.15, -0.1) is 0 Å². The highest BCUT2D eigenvalue weighted by atomic mass is 15.0. The Hall–Kier alpha value is -0.850. The van der Waals surface area contributed by atoms with Crippen molar-refractivity contribution in [3.63, 3.8) is 0 Å². The topological polar surface area (TPSA) is 3.88 Å². The Kier molecular flexibility index (Phi) is 8.71. The van der Waals surface area contributed by atoms with Crippen molar-refractivity contribution < 1.29 is 4.57 Å². The molecule has 0 saturated heterocycles. The molecule has 2 rings (SSSR count). The van der Waals surface area contributed by atoms with Crippen LogP contribution in [0.4, 0.5) is 0 Å². The number of hydrogen-bond acceptors (Lipinski definition) is 0. The molecule has 0 fully saturated rings. The number of rotatable bonds is 12. The fourth-order valence-corrected chi connectivity index (χ4v) is 3.93. The molecule has 0 aromatic carbocycles. The first-order valence-corrected chi connectivity index (χ1v) is 10.4. The molecule has 130 valence electrons. The number of pyridine rings is 1. The molecular weight excluding hydrogens is 278 g/mol. The summed E-state index contributed by atoms with van der Waals surface area (Å²) in [6, 6.07) is 2.55. The molecule has 0 atom stereocenters. The number of aryl methyl sites for hydroxylation is 3. The van der Waals surface area contributed by atoms with Crippen LogP contribution in [0.15, 0.2) is 12.3 Å². The van der Waals surface area contributed by atoms with E-state index in [4.69, 9.17) is 0 Å². The van der Waals surface area contributed by atoms with E-state index in [0.29, 0.717) is 0 Å². The van der Waals surface area contributed by atoms with Crippen LogP contribution in [-0.2, 0) is 25.8 Å². The quantitative estimate of drug-likeness (QED) is 0.331.